The van der Waals surface area contributed by atoms with Crippen molar-refractivity contribution < 1.29 is 13.2 Å². The average Bonchev–Trinajstić information content (AvgIpc) is 2.69. The second-order valence-corrected chi connectivity index (χ2v) is 9.30. The molecule has 0 radical (unpaired) electrons. The van der Waals surface area contributed by atoms with Crippen molar-refractivity contribution in [1.29, 1.82) is 0 Å². The molecule has 0 spiro atoms. The maximum Gasteiger partial charge on any atom is 0.264 e. The molecule has 28 heavy (non-hydrogen) atoms. The lowest BCUT2D eigenvalue weighted by molar-refractivity contribution is 0.0938. The molecule has 0 heterocycles. The highest BCUT2D eigenvalue weighted by molar-refractivity contribution is 7.98. The summed E-state index contributed by atoms with van der Waals surface area (Å²) in [5.74, 6) is -0.147. The van der Waals surface area contributed by atoms with Crippen molar-refractivity contribution in [3.8, 4) is 0 Å². The summed E-state index contributed by atoms with van der Waals surface area (Å²) in [5.41, 5.74) is 1.05. The van der Waals surface area contributed by atoms with E-state index in [-0.39, 0.29) is 16.8 Å². The molecule has 1 N–H and O–H groups in total. The van der Waals surface area contributed by atoms with Crippen LogP contribution in [0.3, 0.4) is 0 Å². The van der Waals surface area contributed by atoms with Crippen LogP contribution >= 0.6 is 11.8 Å². The fraction of sp³-hybridized carbons (Fsp3) is 0.381. The Labute approximate surface area is 172 Å². The van der Waals surface area contributed by atoms with Gasteiger partial charge in [0.25, 0.3) is 15.9 Å². The molecule has 2 aromatic rings. The molecule has 1 atom stereocenters. The lowest BCUT2D eigenvalue weighted by Gasteiger charge is -2.23. The Kier molecular flexibility index (Phi) is 7.95. The van der Waals surface area contributed by atoms with Crippen molar-refractivity contribution in [2.45, 2.75) is 49.4 Å². The number of carbonyl (C=O) groups is 1. The molecule has 152 valence electrons. The molecule has 2 aromatic carbocycles. The smallest absolute Gasteiger partial charge is 0.264 e. The number of sulfonamides is 1. The number of nitrogens with zero attached hydrogens (tertiary/aromatic N) is 1. The van der Waals surface area contributed by atoms with Gasteiger partial charge in [-0.15, -0.1) is 11.8 Å². The number of amides is 1. The predicted octanol–water partition coefficient (Wildman–Crippen LogP) is 4.54. The minimum absolute atomic E-state index is 0.106. The van der Waals surface area contributed by atoms with Crippen molar-refractivity contribution in [2.75, 3.05) is 17.1 Å². The molecular weight excluding hydrogens is 392 g/mol. The fourth-order valence-corrected chi connectivity index (χ4v) is 4.84. The molecule has 5 nitrogen and oxygen atoms in total. The summed E-state index contributed by atoms with van der Waals surface area (Å²) >= 11 is 1.56. The number of carbonyl (C=O) groups excluding carboxylic acids is 1. The van der Waals surface area contributed by atoms with E-state index in [1.807, 2.05) is 13.2 Å². The number of hydrogen-bond donors (Lipinski definition) is 1. The van der Waals surface area contributed by atoms with Crippen LogP contribution in [0.1, 0.15) is 44.0 Å². The molecule has 0 aliphatic carbocycles. The quantitative estimate of drug-likeness (QED) is 0.605. The third-order valence-electron chi connectivity index (χ3n) is 4.45. The molecule has 0 aromatic heterocycles. The van der Waals surface area contributed by atoms with Crippen LogP contribution in [0.25, 0.3) is 0 Å². The maximum absolute atomic E-state index is 13.0. The zero-order valence-electron chi connectivity index (χ0n) is 16.8. The van der Waals surface area contributed by atoms with Crippen molar-refractivity contribution in [1.82, 2.24) is 5.32 Å². The van der Waals surface area contributed by atoms with Crippen LogP contribution in [-0.2, 0) is 10.0 Å². The van der Waals surface area contributed by atoms with Gasteiger partial charge in [-0.3, -0.25) is 9.10 Å². The molecule has 0 saturated heterocycles. The summed E-state index contributed by atoms with van der Waals surface area (Å²) < 4.78 is 27.4. The van der Waals surface area contributed by atoms with Crippen molar-refractivity contribution >= 4 is 33.4 Å². The third-order valence-corrected chi connectivity index (χ3v) is 7.11. The topological polar surface area (TPSA) is 66.5 Å². The lowest BCUT2D eigenvalue weighted by atomic mass is 10.1. The second-order valence-electron chi connectivity index (χ2n) is 6.56. The SMILES string of the molecule is CCCC(C)NC(=O)c1ccc(N(CC)S(=O)(=O)c2ccc(SC)cc2)cc1. The van der Waals surface area contributed by atoms with Crippen molar-refractivity contribution in [2.24, 2.45) is 0 Å². The Morgan fingerprint density at radius 2 is 1.68 bits per heavy atom. The zero-order chi connectivity index (χ0) is 20.7. The van der Waals surface area contributed by atoms with Gasteiger partial charge in [-0.2, -0.15) is 0 Å². The summed E-state index contributed by atoms with van der Waals surface area (Å²) in [6.07, 6.45) is 3.87. The summed E-state index contributed by atoms with van der Waals surface area (Å²) in [6, 6.07) is 13.6. The first-order chi connectivity index (χ1) is 13.3. The van der Waals surface area contributed by atoms with Gasteiger partial charge in [0.1, 0.15) is 0 Å². The molecule has 0 fully saturated rings. The Balaban J connectivity index is 2.22. The number of rotatable bonds is 9. The van der Waals surface area contributed by atoms with Gasteiger partial charge in [-0.25, -0.2) is 8.42 Å². The van der Waals surface area contributed by atoms with Gasteiger partial charge in [0.05, 0.1) is 10.6 Å². The van der Waals surface area contributed by atoms with Gasteiger partial charge in [0, 0.05) is 23.0 Å². The molecule has 1 amide bonds. The second kappa shape index (κ2) is 9.98. The standard InChI is InChI=1S/C21H28N2O3S2/c1-5-7-16(3)22-21(24)17-8-10-18(11-9-17)23(6-2)28(25,26)20-14-12-19(27-4)13-15-20/h8-16H,5-7H2,1-4H3,(H,22,24). The van der Waals surface area contributed by atoms with E-state index < -0.39 is 10.0 Å². The lowest BCUT2D eigenvalue weighted by Crippen LogP contribution is -2.33. The van der Waals surface area contributed by atoms with Crippen LogP contribution in [0.15, 0.2) is 58.3 Å². The van der Waals surface area contributed by atoms with Crippen molar-refractivity contribution in [3.05, 3.63) is 54.1 Å². The van der Waals surface area contributed by atoms with Gasteiger partial charge in [-0.05, 0) is 75.1 Å². The first kappa shape index (κ1) is 22.3. The van der Waals surface area contributed by atoms with Crippen LogP contribution < -0.4 is 9.62 Å². The maximum atomic E-state index is 13.0. The molecule has 0 aliphatic heterocycles. The third kappa shape index (κ3) is 5.29. The van der Waals surface area contributed by atoms with E-state index in [1.54, 1.807) is 67.2 Å². The van der Waals surface area contributed by atoms with E-state index in [4.69, 9.17) is 0 Å². The van der Waals surface area contributed by atoms with Gasteiger partial charge in [0.15, 0.2) is 0 Å². The highest BCUT2D eigenvalue weighted by Gasteiger charge is 2.23. The highest BCUT2D eigenvalue weighted by atomic mass is 32.2. The van der Waals surface area contributed by atoms with Crippen LogP contribution in [0, 0.1) is 0 Å². The minimum Gasteiger partial charge on any atom is -0.350 e. The molecule has 0 aliphatic rings. The van der Waals surface area contributed by atoms with E-state index in [1.165, 1.54) is 4.31 Å². The van der Waals surface area contributed by atoms with Gasteiger partial charge < -0.3 is 5.32 Å². The number of benzene rings is 2. The van der Waals surface area contributed by atoms with E-state index in [9.17, 15) is 13.2 Å². The predicted molar refractivity (Wildman–Crippen MR) is 117 cm³/mol. The van der Waals surface area contributed by atoms with Gasteiger partial charge in [-0.1, -0.05) is 13.3 Å². The highest BCUT2D eigenvalue weighted by Crippen LogP contribution is 2.25. The molecule has 7 heteroatoms. The summed E-state index contributed by atoms with van der Waals surface area (Å²) in [7, 11) is -3.67. The van der Waals surface area contributed by atoms with E-state index in [0.717, 1.165) is 17.7 Å². The average molecular weight is 421 g/mol. The van der Waals surface area contributed by atoms with Gasteiger partial charge in [0.2, 0.25) is 0 Å². The molecule has 0 bridgehead atoms. The minimum atomic E-state index is -3.67. The molecule has 0 saturated carbocycles. The summed E-state index contributed by atoms with van der Waals surface area (Å²) in [6.45, 7) is 6.14. The number of nitrogens with one attached hydrogen (secondary N) is 1. The van der Waals surface area contributed by atoms with E-state index >= 15 is 0 Å². The summed E-state index contributed by atoms with van der Waals surface area (Å²) in [5, 5.41) is 2.95. The van der Waals surface area contributed by atoms with Crippen LogP contribution in [0.5, 0.6) is 0 Å². The number of thioether (sulfide) groups is 1. The largest absolute Gasteiger partial charge is 0.350 e. The molecule has 2 rings (SSSR count). The Bertz CT molecular complexity index is 879. The van der Waals surface area contributed by atoms with E-state index in [2.05, 4.69) is 12.2 Å². The van der Waals surface area contributed by atoms with Gasteiger partial charge >= 0.3 is 0 Å². The zero-order valence-corrected chi connectivity index (χ0v) is 18.4. The van der Waals surface area contributed by atoms with Crippen LogP contribution in [-0.4, -0.2) is 33.2 Å². The Morgan fingerprint density at radius 3 is 2.18 bits per heavy atom. The monoisotopic (exact) mass is 420 g/mol. The molecule has 1 unspecified atom stereocenters. The van der Waals surface area contributed by atoms with Crippen molar-refractivity contribution in [3.63, 3.8) is 0 Å². The normalized spacial score (nSPS) is 12.4. The van der Waals surface area contributed by atoms with Crippen LogP contribution in [0.2, 0.25) is 0 Å². The Hall–Kier alpha value is -1.99. The molecular formula is C21H28N2O3S2. The number of hydrogen-bond acceptors (Lipinski definition) is 4. The number of anilines is 1. The Morgan fingerprint density at radius 1 is 1.07 bits per heavy atom. The first-order valence-electron chi connectivity index (χ1n) is 9.41. The summed E-state index contributed by atoms with van der Waals surface area (Å²) in [4.78, 5) is 13.6. The first-order valence-corrected chi connectivity index (χ1v) is 12.1. The van der Waals surface area contributed by atoms with E-state index in [0.29, 0.717) is 17.8 Å². The fourth-order valence-electron chi connectivity index (χ4n) is 2.96. The van der Waals surface area contributed by atoms with Crippen LogP contribution in [0.4, 0.5) is 5.69 Å².